The topological polar surface area (TPSA) is 77.4 Å². The fourth-order valence-electron chi connectivity index (χ4n) is 1.95. The summed E-state index contributed by atoms with van der Waals surface area (Å²) in [7, 11) is 0. The zero-order chi connectivity index (χ0) is 13.5. The second-order valence-corrected chi connectivity index (χ2v) is 4.08. The molecule has 19 heavy (non-hydrogen) atoms. The van der Waals surface area contributed by atoms with Crippen LogP contribution in [0.2, 0.25) is 0 Å². The number of morpholine rings is 1. The van der Waals surface area contributed by atoms with Crippen LogP contribution in [0.15, 0.2) is 24.3 Å². The molecular weight excluding hydrogens is 244 g/mol. The lowest BCUT2D eigenvalue weighted by Gasteiger charge is -2.30. The minimum Gasteiger partial charge on any atom is -0.378 e. The van der Waals surface area contributed by atoms with Crippen LogP contribution < -0.4 is 15.5 Å². The zero-order valence-electron chi connectivity index (χ0n) is 10.6. The van der Waals surface area contributed by atoms with E-state index in [0.717, 1.165) is 24.5 Å². The maximum atomic E-state index is 11.6. The molecule has 1 saturated heterocycles. The average Bonchev–Trinajstić information content (AvgIpc) is 2.46. The van der Waals surface area contributed by atoms with Crippen LogP contribution in [0.1, 0.15) is 0 Å². The molecule has 2 N–H and O–H groups in total. The molecule has 1 aliphatic heterocycles. The largest absolute Gasteiger partial charge is 0.378 e. The summed E-state index contributed by atoms with van der Waals surface area (Å²) in [6.07, 6.45) is 0. The van der Waals surface area contributed by atoms with E-state index in [-0.39, 0.29) is 12.6 Å². The number of nitriles is 1. The Kier molecular flexibility index (Phi) is 4.59. The monoisotopic (exact) mass is 260 g/mol. The maximum absolute atomic E-state index is 11.6. The van der Waals surface area contributed by atoms with Crippen molar-refractivity contribution in [1.82, 2.24) is 5.32 Å². The third-order valence-electron chi connectivity index (χ3n) is 2.83. The van der Waals surface area contributed by atoms with Crippen molar-refractivity contribution < 1.29 is 9.53 Å². The van der Waals surface area contributed by atoms with Crippen molar-refractivity contribution in [3.63, 3.8) is 0 Å². The molecule has 6 heteroatoms. The molecule has 1 heterocycles. The van der Waals surface area contributed by atoms with Crippen molar-refractivity contribution in [2.75, 3.05) is 43.1 Å². The second kappa shape index (κ2) is 6.61. The Hall–Kier alpha value is -2.26. The molecule has 0 aromatic heterocycles. The molecule has 6 nitrogen and oxygen atoms in total. The zero-order valence-corrected chi connectivity index (χ0v) is 10.6. The molecule has 1 aromatic rings. The Labute approximate surface area is 112 Å². The number of benzene rings is 1. The fourth-order valence-corrected chi connectivity index (χ4v) is 1.95. The number of anilines is 2. The van der Waals surface area contributed by atoms with E-state index in [1.807, 2.05) is 30.3 Å². The van der Waals surface area contributed by atoms with Gasteiger partial charge in [0.25, 0.3) is 0 Å². The summed E-state index contributed by atoms with van der Waals surface area (Å²) >= 11 is 0. The van der Waals surface area contributed by atoms with E-state index in [4.69, 9.17) is 10.00 Å². The van der Waals surface area contributed by atoms with Crippen LogP contribution in [0.3, 0.4) is 0 Å². The number of amides is 2. The van der Waals surface area contributed by atoms with Crippen LogP contribution >= 0.6 is 0 Å². The number of carbonyl (C=O) groups is 1. The predicted octanol–water partition coefficient (Wildman–Crippen LogP) is 1.17. The van der Waals surface area contributed by atoms with Gasteiger partial charge in [-0.05, 0) is 12.1 Å². The second-order valence-electron chi connectivity index (χ2n) is 4.08. The molecule has 0 aliphatic carbocycles. The van der Waals surface area contributed by atoms with Gasteiger partial charge in [0, 0.05) is 13.1 Å². The number of urea groups is 1. The van der Waals surface area contributed by atoms with E-state index in [1.54, 1.807) is 0 Å². The van der Waals surface area contributed by atoms with Crippen molar-refractivity contribution in [2.45, 2.75) is 0 Å². The van der Waals surface area contributed by atoms with Gasteiger partial charge in [0.2, 0.25) is 0 Å². The molecule has 2 amide bonds. The quantitative estimate of drug-likeness (QED) is 0.800. The number of hydrogen-bond acceptors (Lipinski definition) is 4. The molecule has 1 aliphatic rings. The Morgan fingerprint density at radius 1 is 1.37 bits per heavy atom. The van der Waals surface area contributed by atoms with E-state index < -0.39 is 0 Å². The first kappa shape index (κ1) is 13.2. The van der Waals surface area contributed by atoms with Crippen molar-refractivity contribution >= 4 is 17.4 Å². The Balaban J connectivity index is 2.07. The van der Waals surface area contributed by atoms with Gasteiger partial charge in [-0.1, -0.05) is 12.1 Å². The lowest BCUT2D eigenvalue weighted by molar-refractivity contribution is 0.123. The van der Waals surface area contributed by atoms with Gasteiger partial charge in [-0.3, -0.25) is 0 Å². The fraction of sp³-hybridized carbons (Fsp3) is 0.385. The maximum Gasteiger partial charge on any atom is 0.320 e. The molecule has 0 unspecified atom stereocenters. The minimum atomic E-state index is -0.373. The first-order valence-corrected chi connectivity index (χ1v) is 6.15. The summed E-state index contributed by atoms with van der Waals surface area (Å²) in [5.74, 6) is 0. The lowest BCUT2D eigenvalue weighted by atomic mass is 10.2. The highest BCUT2D eigenvalue weighted by Crippen LogP contribution is 2.26. The van der Waals surface area contributed by atoms with Gasteiger partial charge in [-0.2, -0.15) is 5.26 Å². The van der Waals surface area contributed by atoms with Gasteiger partial charge >= 0.3 is 6.03 Å². The molecule has 0 radical (unpaired) electrons. The SMILES string of the molecule is N#CCNC(=O)Nc1ccccc1N1CCOCC1. The number of carbonyl (C=O) groups excluding carboxylic acids is 1. The van der Waals surface area contributed by atoms with Crippen LogP contribution in [0.5, 0.6) is 0 Å². The number of ether oxygens (including phenoxy) is 1. The molecule has 1 fully saturated rings. The number of hydrogen-bond donors (Lipinski definition) is 2. The van der Waals surface area contributed by atoms with Gasteiger partial charge in [-0.25, -0.2) is 4.79 Å². The van der Waals surface area contributed by atoms with Crippen molar-refractivity contribution in [3.8, 4) is 6.07 Å². The molecule has 0 saturated carbocycles. The van der Waals surface area contributed by atoms with Gasteiger partial charge in [0.1, 0.15) is 6.54 Å². The predicted molar refractivity (Wildman–Crippen MR) is 72.1 cm³/mol. The number of nitrogens with one attached hydrogen (secondary N) is 2. The van der Waals surface area contributed by atoms with Gasteiger partial charge < -0.3 is 20.3 Å². The van der Waals surface area contributed by atoms with Gasteiger partial charge in [-0.15, -0.1) is 0 Å². The van der Waals surface area contributed by atoms with E-state index in [1.165, 1.54) is 0 Å². The van der Waals surface area contributed by atoms with Crippen molar-refractivity contribution in [3.05, 3.63) is 24.3 Å². The van der Waals surface area contributed by atoms with Crippen LogP contribution in [-0.4, -0.2) is 38.9 Å². The molecule has 0 atom stereocenters. The first-order valence-electron chi connectivity index (χ1n) is 6.15. The number of nitrogens with zero attached hydrogens (tertiary/aromatic N) is 2. The Morgan fingerprint density at radius 2 is 2.11 bits per heavy atom. The Morgan fingerprint density at radius 3 is 2.84 bits per heavy atom. The van der Waals surface area contributed by atoms with Gasteiger partial charge in [0.15, 0.2) is 0 Å². The molecule has 1 aromatic carbocycles. The highest BCUT2D eigenvalue weighted by Gasteiger charge is 2.15. The summed E-state index contributed by atoms with van der Waals surface area (Å²) in [5.41, 5.74) is 1.71. The van der Waals surface area contributed by atoms with E-state index in [0.29, 0.717) is 13.2 Å². The third-order valence-corrected chi connectivity index (χ3v) is 2.83. The molecule has 2 rings (SSSR count). The molecule has 0 bridgehead atoms. The van der Waals surface area contributed by atoms with Crippen LogP contribution in [0.25, 0.3) is 0 Å². The highest BCUT2D eigenvalue weighted by molar-refractivity contribution is 5.93. The third kappa shape index (κ3) is 3.60. The van der Waals surface area contributed by atoms with Crippen molar-refractivity contribution in [2.24, 2.45) is 0 Å². The summed E-state index contributed by atoms with van der Waals surface area (Å²) in [6, 6.07) is 9.10. The van der Waals surface area contributed by atoms with Crippen LogP contribution in [0, 0.1) is 11.3 Å². The normalized spacial score (nSPS) is 14.6. The molecular formula is C13H16N4O2. The number of para-hydroxylation sites is 2. The number of rotatable bonds is 3. The average molecular weight is 260 g/mol. The summed E-state index contributed by atoms with van der Waals surface area (Å²) < 4.78 is 5.32. The van der Waals surface area contributed by atoms with Crippen molar-refractivity contribution in [1.29, 1.82) is 5.26 Å². The molecule has 0 spiro atoms. The van der Waals surface area contributed by atoms with Crippen LogP contribution in [-0.2, 0) is 4.74 Å². The van der Waals surface area contributed by atoms with E-state index in [2.05, 4.69) is 15.5 Å². The standard InChI is InChI=1S/C13H16N4O2/c14-5-6-15-13(18)16-11-3-1-2-4-12(11)17-7-9-19-10-8-17/h1-4H,6-10H2,(H2,15,16,18). The van der Waals surface area contributed by atoms with Gasteiger partial charge in [0.05, 0.1) is 30.7 Å². The summed E-state index contributed by atoms with van der Waals surface area (Å²) in [4.78, 5) is 13.8. The summed E-state index contributed by atoms with van der Waals surface area (Å²) in [6.45, 7) is 2.98. The smallest absolute Gasteiger partial charge is 0.320 e. The van der Waals surface area contributed by atoms with Crippen LogP contribution in [0.4, 0.5) is 16.2 Å². The van der Waals surface area contributed by atoms with E-state index >= 15 is 0 Å². The highest BCUT2D eigenvalue weighted by atomic mass is 16.5. The lowest BCUT2D eigenvalue weighted by Crippen LogP contribution is -2.37. The summed E-state index contributed by atoms with van der Waals surface area (Å²) in [5, 5.41) is 13.6. The first-order chi connectivity index (χ1) is 9.31. The van der Waals surface area contributed by atoms with E-state index in [9.17, 15) is 4.79 Å². The molecule has 100 valence electrons. The Bertz CT molecular complexity index is 478. The minimum absolute atomic E-state index is 0.00838.